The fourth-order valence-electron chi connectivity index (χ4n) is 4.35. The van der Waals surface area contributed by atoms with Gasteiger partial charge in [-0.15, -0.1) is 0 Å². The summed E-state index contributed by atoms with van der Waals surface area (Å²) in [6, 6.07) is 26.8. The summed E-state index contributed by atoms with van der Waals surface area (Å²) in [7, 11) is -3.74. The molecule has 7 heteroatoms. The molecule has 0 saturated carbocycles. The normalized spacial score (nSPS) is 11.6. The van der Waals surface area contributed by atoms with Gasteiger partial charge in [-0.1, -0.05) is 84.9 Å². The van der Waals surface area contributed by atoms with Crippen molar-refractivity contribution in [3.8, 4) is 0 Å². The molecule has 0 radical (unpaired) electrons. The smallest absolute Gasteiger partial charge is 0.228 e. The minimum Gasteiger partial charge on any atom is -0.334 e. The van der Waals surface area contributed by atoms with Gasteiger partial charge >= 0.3 is 0 Å². The van der Waals surface area contributed by atoms with Gasteiger partial charge in [-0.2, -0.15) is 0 Å². The Bertz CT molecular complexity index is 1450. The monoisotopic (exact) mass is 515 g/mol. The summed E-state index contributed by atoms with van der Waals surface area (Å²) in [4.78, 5) is 19.5. The number of amides is 1. The summed E-state index contributed by atoms with van der Waals surface area (Å²) < 4.78 is 29.0. The van der Waals surface area contributed by atoms with Crippen molar-refractivity contribution in [2.75, 3.05) is 0 Å². The molecule has 3 aromatic carbocycles. The van der Waals surface area contributed by atoms with Gasteiger partial charge in [0.2, 0.25) is 20.9 Å². The molecule has 1 amide bonds. The summed E-state index contributed by atoms with van der Waals surface area (Å²) in [5.41, 5.74) is 4.26. The minimum atomic E-state index is -3.74. The van der Waals surface area contributed by atoms with Crippen LogP contribution in [0.4, 0.5) is 0 Å². The van der Waals surface area contributed by atoms with E-state index in [1.807, 2.05) is 106 Å². The Labute approximate surface area is 219 Å². The SMILES string of the molecule is Cc1ccccc1CS(=O)(=O)c1ncc(CN(C(=O)Cc2ccccc2)C(C)C)n1Cc1ccccc1. The fraction of sp³-hybridized carbons (Fsp3) is 0.267. The summed E-state index contributed by atoms with van der Waals surface area (Å²) in [5.74, 6) is -0.149. The molecule has 0 unspecified atom stereocenters. The molecule has 6 nitrogen and oxygen atoms in total. The van der Waals surface area contributed by atoms with Crippen molar-refractivity contribution < 1.29 is 13.2 Å². The van der Waals surface area contributed by atoms with E-state index in [4.69, 9.17) is 0 Å². The van der Waals surface area contributed by atoms with Gasteiger partial charge in [0.25, 0.3) is 0 Å². The third kappa shape index (κ3) is 6.54. The molecule has 0 aliphatic heterocycles. The molecule has 0 saturated heterocycles. The molecule has 4 aromatic rings. The van der Waals surface area contributed by atoms with E-state index in [0.717, 1.165) is 22.3 Å². The topological polar surface area (TPSA) is 72.3 Å². The molecule has 0 aliphatic rings. The molecule has 4 rings (SSSR count). The molecular weight excluding hydrogens is 482 g/mol. The van der Waals surface area contributed by atoms with Crippen molar-refractivity contribution in [2.45, 2.75) is 57.2 Å². The van der Waals surface area contributed by atoms with Crippen LogP contribution in [0.3, 0.4) is 0 Å². The third-order valence-corrected chi connectivity index (χ3v) is 8.02. The number of benzene rings is 3. The zero-order chi connectivity index (χ0) is 26.4. The second-order valence-electron chi connectivity index (χ2n) is 9.57. The van der Waals surface area contributed by atoms with Crippen molar-refractivity contribution in [3.05, 3.63) is 119 Å². The minimum absolute atomic E-state index is 0.0158. The summed E-state index contributed by atoms with van der Waals surface area (Å²) in [6.45, 7) is 6.46. The van der Waals surface area contributed by atoms with Crippen molar-refractivity contribution in [3.63, 3.8) is 0 Å². The quantitative estimate of drug-likeness (QED) is 0.291. The number of hydrogen-bond donors (Lipinski definition) is 0. The van der Waals surface area contributed by atoms with Crippen molar-refractivity contribution in [2.24, 2.45) is 0 Å². The van der Waals surface area contributed by atoms with Crippen LogP contribution >= 0.6 is 0 Å². The van der Waals surface area contributed by atoms with Crippen LogP contribution in [0.15, 0.2) is 96.3 Å². The van der Waals surface area contributed by atoms with Gasteiger partial charge in [0.05, 0.1) is 37.2 Å². The predicted molar refractivity (Wildman–Crippen MR) is 146 cm³/mol. The highest BCUT2D eigenvalue weighted by Crippen LogP contribution is 2.22. The number of carbonyl (C=O) groups excluding carboxylic acids is 1. The van der Waals surface area contributed by atoms with Gasteiger partial charge < -0.3 is 9.47 Å². The van der Waals surface area contributed by atoms with Gasteiger partial charge in [-0.25, -0.2) is 13.4 Å². The second-order valence-corrected chi connectivity index (χ2v) is 11.5. The largest absolute Gasteiger partial charge is 0.334 e. The lowest BCUT2D eigenvalue weighted by atomic mass is 10.1. The predicted octanol–water partition coefficient (Wildman–Crippen LogP) is 5.19. The molecule has 0 spiro atoms. The zero-order valence-corrected chi connectivity index (χ0v) is 22.4. The number of nitrogens with zero attached hydrogens (tertiary/aromatic N) is 3. The lowest BCUT2D eigenvalue weighted by Crippen LogP contribution is -2.38. The first kappa shape index (κ1) is 26.4. The number of hydrogen-bond acceptors (Lipinski definition) is 4. The van der Waals surface area contributed by atoms with Crippen molar-refractivity contribution >= 4 is 15.7 Å². The molecule has 0 aliphatic carbocycles. The first-order valence-electron chi connectivity index (χ1n) is 12.4. The first-order valence-corrected chi connectivity index (χ1v) is 14.1. The van der Waals surface area contributed by atoms with Gasteiger partial charge in [0, 0.05) is 6.04 Å². The Hall–Kier alpha value is -3.71. The lowest BCUT2D eigenvalue weighted by Gasteiger charge is -2.27. The van der Waals surface area contributed by atoms with Crippen LogP contribution in [0.1, 0.15) is 41.8 Å². The van der Waals surface area contributed by atoms with E-state index in [0.29, 0.717) is 12.2 Å². The molecule has 0 N–H and O–H groups in total. The van der Waals surface area contributed by atoms with E-state index in [-0.39, 0.29) is 35.8 Å². The highest BCUT2D eigenvalue weighted by molar-refractivity contribution is 7.90. The third-order valence-electron chi connectivity index (χ3n) is 6.44. The van der Waals surface area contributed by atoms with Crippen LogP contribution < -0.4 is 0 Å². The number of rotatable bonds is 10. The molecule has 1 heterocycles. The Morgan fingerprint density at radius 2 is 1.49 bits per heavy atom. The summed E-state index contributed by atoms with van der Waals surface area (Å²) in [5, 5.41) is 0.0221. The van der Waals surface area contributed by atoms with Crippen LogP contribution in [-0.4, -0.2) is 34.8 Å². The van der Waals surface area contributed by atoms with Crippen molar-refractivity contribution in [1.82, 2.24) is 14.5 Å². The van der Waals surface area contributed by atoms with Gasteiger partial charge in [0.15, 0.2) is 0 Å². The molecule has 0 fully saturated rings. The molecule has 192 valence electrons. The van der Waals surface area contributed by atoms with E-state index in [2.05, 4.69) is 4.98 Å². The Morgan fingerprint density at radius 1 is 0.892 bits per heavy atom. The zero-order valence-electron chi connectivity index (χ0n) is 21.5. The van der Waals surface area contributed by atoms with Crippen LogP contribution in [0.25, 0.3) is 0 Å². The fourth-order valence-corrected chi connectivity index (χ4v) is 5.94. The average Bonchev–Trinajstić information content (AvgIpc) is 3.28. The number of imidazole rings is 1. The average molecular weight is 516 g/mol. The maximum Gasteiger partial charge on any atom is 0.228 e. The second kappa shape index (κ2) is 11.6. The van der Waals surface area contributed by atoms with Crippen LogP contribution in [0.2, 0.25) is 0 Å². The highest BCUT2D eigenvalue weighted by atomic mass is 32.2. The first-order chi connectivity index (χ1) is 17.7. The standard InChI is InChI=1S/C30H33N3O3S/c1-23(2)32(29(34)18-25-13-6-4-7-14-25)21-28-19-31-30(33(28)20-26-15-8-5-9-16-26)37(35,36)22-27-17-11-10-12-24(27)3/h4-17,19,23H,18,20-22H2,1-3H3. The Balaban J connectivity index is 1.69. The van der Waals surface area contributed by atoms with Crippen molar-refractivity contribution in [1.29, 1.82) is 0 Å². The lowest BCUT2D eigenvalue weighted by molar-refractivity contribution is -0.132. The van der Waals surface area contributed by atoms with E-state index in [1.54, 1.807) is 15.7 Å². The van der Waals surface area contributed by atoms with E-state index in [1.165, 1.54) is 0 Å². The number of aryl methyl sites for hydroxylation is 1. The maximum absolute atomic E-state index is 13.6. The van der Waals surface area contributed by atoms with Crippen LogP contribution in [0, 0.1) is 6.92 Å². The van der Waals surface area contributed by atoms with E-state index < -0.39 is 9.84 Å². The van der Waals surface area contributed by atoms with Gasteiger partial charge in [-0.05, 0) is 43.0 Å². The summed E-state index contributed by atoms with van der Waals surface area (Å²) in [6.07, 6.45) is 1.88. The van der Waals surface area contributed by atoms with E-state index >= 15 is 0 Å². The number of sulfone groups is 1. The Kier molecular flexibility index (Phi) is 8.24. The van der Waals surface area contributed by atoms with Gasteiger partial charge in [0.1, 0.15) is 0 Å². The number of aromatic nitrogens is 2. The van der Waals surface area contributed by atoms with E-state index in [9.17, 15) is 13.2 Å². The van der Waals surface area contributed by atoms with Gasteiger partial charge in [-0.3, -0.25) is 4.79 Å². The Morgan fingerprint density at radius 3 is 2.11 bits per heavy atom. The summed E-state index contributed by atoms with van der Waals surface area (Å²) >= 11 is 0. The molecule has 37 heavy (non-hydrogen) atoms. The van der Waals surface area contributed by atoms with Crippen LogP contribution in [-0.2, 0) is 39.9 Å². The number of carbonyl (C=O) groups is 1. The molecule has 0 atom stereocenters. The molecule has 0 bridgehead atoms. The molecule has 1 aromatic heterocycles. The van der Waals surface area contributed by atoms with Crippen LogP contribution in [0.5, 0.6) is 0 Å². The molecular formula is C30H33N3O3S. The highest BCUT2D eigenvalue weighted by Gasteiger charge is 2.27. The maximum atomic E-state index is 13.6.